The van der Waals surface area contributed by atoms with Gasteiger partial charge in [0.2, 0.25) is 0 Å². The lowest BCUT2D eigenvalue weighted by atomic mass is 10.1. The predicted octanol–water partition coefficient (Wildman–Crippen LogP) is 4.93. The molecule has 0 saturated carbocycles. The van der Waals surface area contributed by atoms with Gasteiger partial charge in [-0.05, 0) is 86.0 Å². The summed E-state index contributed by atoms with van der Waals surface area (Å²) >= 11 is 6.18. The number of benzene rings is 3. The lowest BCUT2D eigenvalue weighted by Gasteiger charge is -2.35. The number of anilines is 3. The summed E-state index contributed by atoms with van der Waals surface area (Å²) in [6, 6.07) is 18.4. The highest BCUT2D eigenvalue weighted by Gasteiger charge is 2.38. The van der Waals surface area contributed by atoms with Crippen LogP contribution in [0.2, 0.25) is 5.02 Å². The number of sulfonamides is 1. The van der Waals surface area contributed by atoms with E-state index in [1.165, 1.54) is 48.9 Å². The van der Waals surface area contributed by atoms with E-state index in [4.69, 9.17) is 21.1 Å². The molecule has 1 N–H and O–H groups in total. The molecule has 1 saturated heterocycles. The van der Waals surface area contributed by atoms with Crippen LogP contribution in [0.1, 0.15) is 19.3 Å². The number of methoxy groups -OCH3 is 1. The van der Waals surface area contributed by atoms with E-state index in [0.717, 1.165) is 18.8 Å². The number of nitrogens with one attached hydrogen (secondary N) is 1. The van der Waals surface area contributed by atoms with Crippen molar-refractivity contribution >= 4 is 44.6 Å². The second kappa shape index (κ2) is 10.5. The summed E-state index contributed by atoms with van der Waals surface area (Å²) in [5.41, 5.74) is 2.01. The van der Waals surface area contributed by atoms with Crippen LogP contribution in [0.5, 0.6) is 11.5 Å². The molecule has 194 valence electrons. The first-order chi connectivity index (χ1) is 17.8. The Hall–Kier alpha value is -3.43. The number of nitrogens with zero attached hydrogens (tertiary/aromatic N) is 2. The van der Waals surface area contributed by atoms with Crippen molar-refractivity contribution in [3.63, 3.8) is 0 Å². The zero-order chi connectivity index (χ0) is 26.0. The van der Waals surface area contributed by atoms with Crippen LogP contribution in [-0.2, 0) is 14.8 Å². The minimum Gasteiger partial charge on any atom is -0.497 e. The molecule has 2 aliphatic rings. The fraction of sp³-hybridized carbons (Fsp3) is 0.296. The van der Waals surface area contributed by atoms with Crippen LogP contribution in [0.4, 0.5) is 17.1 Å². The third-order valence-electron chi connectivity index (χ3n) is 6.59. The second-order valence-electron chi connectivity index (χ2n) is 9.01. The van der Waals surface area contributed by atoms with Crippen LogP contribution in [-0.4, -0.2) is 47.2 Å². The first-order valence-corrected chi connectivity index (χ1v) is 14.0. The Morgan fingerprint density at radius 3 is 2.38 bits per heavy atom. The first-order valence-electron chi connectivity index (χ1n) is 12.1. The maximum absolute atomic E-state index is 13.6. The lowest BCUT2D eigenvalue weighted by molar-refractivity contribution is -0.122. The van der Waals surface area contributed by atoms with E-state index in [1.807, 2.05) is 24.3 Å². The molecule has 0 spiro atoms. The SMILES string of the molecule is COc1ccc(S(=O)(=O)N2C[C@H](C(=O)Nc3ccc(N4CCCCC4)cc3)Oc3ccc(Cl)cc32)cc1. The van der Waals surface area contributed by atoms with Crippen LogP contribution in [0.15, 0.2) is 71.6 Å². The molecule has 2 aliphatic heterocycles. The van der Waals surface area contributed by atoms with Crippen LogP contribution >= 0.6 is 11.6 Å². The minimum atomic E-state index is -4.02. The molecule has 37 heavy (non-hydrogen) atoms. The number of piperidine rings is 1. The highest BCUT2D eigenvalue weighted by molar-refractivity contribution is 7.92. The highest BCUT2D eigenvalue weighted by Crippen LogP contribution is 2.39. The molecule has 1 atom stereocenters. The number of rotatable bonds is 6. The van der Waals surface area contributed by atoms with Crippen molar-refractivity contribution in [2.24, 2.45) is 0 Å². The molecule has 0 radical (unpaired) electrons. The summed E-state index contributed by atoms with van der Waals surface area (Å²) in [6.45, 7) is 1.85. The van der Waals surface area contributed by atoms with Gasteiger partial charge >= 0.3 is 0 Å². The fourth-order valence-corrected chi connectivity index (χ4v) is 6.23. The molecule has 8 nitrogen and oxygen atoms in total. The number of carbonyl (C=O) groups is 1. The molecule has 3 aromatic rings. The van der Waals surface area contributed by atoms with Crippen molar-refractivity contribution in [1.29, 1.82) is 0 Å². The Labute approximate surface area is 221 Å². The average Bonchev–Trinajstić information content (AvgIpc) is 2.93. The summed E-state index contributed by atoms with van der Waals surface area (Å²) in [5.74, 6) is 0.350. The van der Waals surface area contributed by atoms with Gasteiger partial charge in [0.05, 0.1) is 24.2 Å². The quantitative estimate of drug-likeness (QED) is 0.476. The van der Waals surface area contributed by atoms with Crippen LogP contribution < -0.4 is 24.0 Å². The molecule has 1 fully saturated rings. The second-order valence-corrected chi connectivity index (χ2v) is 11.3. The van der Waals surface area contributed by atoms with Crippen molar-refractivity contribution < 1.29 is 22.7 Å². The van der Waals surface area contributed by atoms with Crippen molar-refractivity contribution in [2.45, 2.75) is 30.3 Å². The van der Waals surface area contributed by atoms with E-state index in [0.29, 0.717) is 16.5 Å². The average molecular weight is 542 g/mol. The summed E-state index contributed by atoms with van der Waals surface area (Å²) in [4.78, 5) is 15.6. The van der Waals surface area contributed by atoms with Gasteiger partial charge in [-0.3, -0.25) is 9.10 Å². The molecule has 10 heteroatoms. The van der Waals surface area contributed by atoms with E-state index in [9.17, 15) is 13.2 Å². The van der Waals surface area contributed by atoms with Gasteiger partial charge < -0.3 is 19.7 Å². The predicted molar refractivity (Wildman–Crippen MR) is 145 cm³/mol. The van der Waals surface area contributed by atoms with Gasteiger partial charge in [-0.25, -0.2) is 8.42 Å². The normalized spacial score (nSPS) is 17.5. The smallest absolute Gasteiger partial charge is 0.267 e. The van der Waals surface area contributed by atoms with Gasteiger partial charge in [-0.2, -0.15) is 0 Å². The van der Waals surface area contributed by atoms with Crippen LogP contribution in [0.25, 0.3) is 0 Å². The lowest BCUT2D eigenvalue weighted by Crippen LogP contribution is -2.48. The summed E-state index contributed by atoms with van der Waals surface area (Å²) in [6.07, 6.45) is 2.55. The zero-order valence-electron chi connectivity index (χ0n) is 20.4. The molecule has 5 rings (SSSR count). The van der Waals surface area contributed by atoms with E-state index in [2.05, 4.69) is 10.2 Å². The molecule has 2 heterocycles. The standard InChI is InChI=1S/C27H28ClN3O5S/c1-35-22-10-12-23(13-11-22)37(33,34)31-18-26(36-25-14-5-19(28)17-24(25)31)27(32)29-20-6-8-21(9-7-20)30-15-3-2-4-16-30/h5-14,17,26H,2-4,15-16,18H2,1H3,(H,29,32)/t26-/m1/s1. The van der Waals surface area contributed by atoms with E-state index in [1.54, 1.807) is 24.3 Å². The molecular weight excluding hydrogens is 514 g/mol. The number of hydrogen-bond acceptors (Lipinski definition) is 6. The molecular formula is C27H28ClN3O5S. The van der Waals surface area contributed by atoms with Crippen LogP contribution in [0, 0.1) is 0 Å². The van der Waals surface area contributed by atoms with Gasteiger partial charge in [0, 0.05) is 29.5 Å². The third kappa shape index (κ3) is 5.33. The largest absolute Gasteiger partial charge is 0.497 e. The minimum absolute atomic E-state index is 0.0635. The maximum atomic E-state index is 13.6. The number of halogens is 1. The third-order valence-corrected chi connectivity index (χ3v) is 8.62. The first kappa shape index (κ1) is 25.2. The molecule has 0 aromatic heterocycles. The number of fused-ring (bicyclic) bond motifs is 1. The molecule has 0 unspecified atom stereocenters. The molecule has 0 bridgehead atoms. The van der Waals surface area contributed by atoms with Gasteiger partial charge in [-0.1, -0.05) is 11.6 Å². The van der Waals surface area contributed by atoms with Gasteiger partial charge in [-0.15, -0.1) is 0 Å². The van der Waals surface area contributed by atoms with Crippen LogP contribution in [0.3, 0.4) is 0 Å². The Bertz CT molecular complexity index is 1370. The van der Waals surface area contributed by atoms with Gasteiger partial charge in [0.1, 0.15) is 11.5 Å². The van der Waals surface area contributed by atoms with Crippen molar-refractivity contribution in [1.82, 2.24) is 0 Å². The van der Waals surface area contributed by atoms with Crippen molar-refractivity contribution in [3.8, 4) is 11.5 Å². The summed E-state index contributed by atoms with van der Waals surface area (Å²) < 4.78 is 39.5. The van der Waals surface area contributed by atoms with Gasteiger partial charge in [0.15, 0.2) is 6.10 Å². The Kier molecular flexibility index (Phi) is 7.17. The summed E-state index contributed by atoms with van der Waals surface area (Å²) in [7, 11) is -2.51. The fourth-order valence-electron chi connectivity index (χ4n) is 4.59. The summed E-state index contributed by atoms with van der Waals surface area (Å²) in [5, 5.41) is 3.22. The Balaban J connectivity index is 1.38. The highest BCUT2D eigenvalue weighted by atomic mass is 35.5. The van der Waals surface area contributed by atoms with Crippen molar-refractivity contribution in [2.75, 3.05) is 41.3 Å². The van der Waals surface area contributed by atoms with E-state index < -0.39 is 22.0 Å². The number of ether oxygens (including phenoxy) is 2. The monoisotopic (exact) mass is 541 g/mol. The number of amides is 1. The Morgan fingerprint density at radius 1 is 1.00 bits per heavy atom. The van der Waals surface area contributed by atoms with E-state index in [-0.39, 0.29) is 22.9 Å². The van der Waals surface area contributed by atoms with Crippen molar-refractivity contribution in [3.05, 3.63) is 71.8 Å². The Morgan fingerprint density at radius 2 is 1.70 bits per heavy atom. The topological polar surface area (TPSA) is 88.2 Å². The number of carbonyl (C=O) groups excluding carboxylic acids is 1. The number of hydrogen-bond donors (Lipinski definition) is 1. The maximum Gasteiger partial charge on any atom is 0.267 e. The molecule has 3 aromatic carbocycles. The zero-order valence-corrected chi connectivity index (χ0v) is 22.0. The van der Waals surface area contributed by atoms with E-state index >= 15 is 0 Å². The molecule has 1 amide bonds. The molecule has 0 aliphatic carbocycles. The van der Waals surface area contributed by atoms with Gasteiger partial charge in [0.25, 0.3) is 15.9 Å².